The summed E-state index contributed by atoms with van der Waals surface area (Å²) in [6.07, 6.45) is 0.879. The van der Waals surface area contributed by atoms with Crippen LogP contribution in [0.2, 0.25) is 0 Å². The van der Waals surface area contributed by atoms with E-state index in [-0.39, 0.29) is 11.7 Å². The highest BCUT2D eigenvalue weighted by Crippen LogP contribution is 2.30. The molecule has 0 radical (unpaired) electrons. The lowest BCUT2D eigenvalue weighted by molar-refractivity contribution is 0.0737. The van der Waals surface area contributed by atoms with Crippen LogP contribution >= 0.6 is 0 Å². The molecule has 31 heavy (non-hydrogen) atoms. The third-order valence-electron chi connectivity index (χ3n) is 5.89. The SMILES string of the molecule is O=C1c2cccc3cccc(c23)CN1CCCNc1ccc(-c2ccc(O)cc2)cc1. The number of carbonyl (C=O) groups is 1. The predicted octanol–water partition coefficient (Wildman–Crippen LogP) is 5.67. The minimum absolute atomic E-state index is 0.127. The molecule has 0 aromatic heterocycles. The molecule has 1 amide bonds. The van der Waals surface area contributed by atoms with Crippen LogP contribution < -0.4 is 5.32 Å². The van der Waals surface area contributed by atoms with Crippen LogP contribution in [0.3, 0.4) is 0 Å². The molecule has 0 spiro atoms. The fourth-order valence-electron chi connectivity index (χ4n) is 4.29. The maximum absolute atomic E-state index is 13.0. The molecule has 0 saturated heterocycles. The monoisotopic (exact) mass is 408 g/mol. The van der Waals surface area contributed by atoms with Crippen molar-refractivity contribution in [1.29, 1.82) is 0 Å². The number of hydrogen-bond donors (Lipinski definition) is 2. The maximum Gasteiger partial charge on any atom is 0.254 e. The van der Waals surface area contributed by atoms with E-state index in [1.165, 1.54) is 5.56 Å². The lowest BCUT2D eigenvalue weighted by Crippen LogP contribution is -2.35. The van der Waals surface area contributed by atoms with E-state index in [9.17, 15) is 9.90 Å². The van der Waals surface area contributed by atoms with Gasteiger partial charge in [0.05, 0.1) is 0 Å². The van der Waals surface area contributed by atoms with Gasteiger partial charge in [-0.3, -0.25) is 4.79 Å². The summed E-state index contributed by atoms with van der Waals surface area (Å²) in [4.78, 5) is 14.9. The molecule has 0 fully saturated rings. The molecular weight excluding hydrogens is 384 g/mol. The molecule has 4 heteroatoms. The Morgan fingerprint density at radius 2 is 1.52 bits per heavy atom. The number of rotatable bonds is 6. The first-order valence-corrected chi connectivity index (χ1v) is 10.6. The number of phenols is 1. The molecule has 0 aliphatic carbocycles. The molecule has 0 saturated carbocycles. The van der Waals surface area contributed by atoms with Crippen LogP contribution in [-0.2, 0) is 6.54 Å². The van der Waals surface area contributed by atoms with E-state index in [1.807, 2.05) is 29.2 Å². The molecule has 1 aliphatic heterocycles. The summed E-state index contributed by atoms with van der Waals surface area (Å²) in [5.74, 6) is 0.400. The highest BCUT2D eigenvalue weighted by atomic mass is 16.3. The number of anilines is 1. The minimum atomic E-state index is 0.127. The van der Waals surface area contributed by atoms with Crippen molar-refractivity contribution < 1.29 is 9.90 Å². The topological polar surface area (TPSA) is 52.6 Å². The first kappa shape index (κ1) is 19.2. The Hall–Kier alpha value is -3.79. The molecule has 0 bridgehead atoms. The summed E-state index contributed by atoms with van der Waals surface area (Å²) in [5.41, 5.74) is 5.28. The van der Waals surface area contributed by atoms with Gasteiger partial charge in [0, 0.05) is 30.9 Å². The number of hydrogen-bond acceptors (Lipinski definition) is 3. The van der Waals surface area contributed by atoms with Crippen LogP contribution in [0.1, 0.15) is 22.3 Å². The second-order valence-electron chi connectivity index (χ2n) is 7.95. The first-order chi connectivity index (χ1) is 15.2. The fraction of sp³-hybridized carbons (Fsp3) is 0.148. The third-order valence-corrected chi connectivity index (χ3v) is 5.89. The molecule has 2 N–H and O–H groups in total. The summed E-state index contributed by atoms with van der Waals surface area (Å²) in [7, 11) is 0. The Labute approximate surface area is 181 Å². The lowest BCUT2D eigenvalue weighted by atomic mass is 9.94. The summed E-state index contributed by atoms with van der Waals surface area (Å²) >= 11 is 0. The molecular formula is C27H24N2O2. The van der Waals surface area contributed by atoms with Crippen LogP contribution in [0.4, 0.5) is 5.69 Å². The van der Waals surface area contributed by atoms with Gasteiger partial charge < -0.3 is 15.3 Å². The van der Waals surface area contributed by atoms with Crippen molar-refractivity contribution in [2.75, 3.05) is 18.4 Å². The number of amides is 1. The fourth-order valence-corrected chi connectivity index (χ4v) is 4.29. The van der Waals surface area contributed by atoms with Gasteiger partial charge in [0.2, 0.25) is 0 Å². The molecule has 0 atom stereocenters. The maximum atomic E-state index is 13.0. The Morgan fingerprint density at radius 1 is 0.839 bits per heavy atom. The van der Waals surface area contributed by atoms with Gasteiger partial charge in [-0.1, -0.05) is 54.6 Å². The number of carbonyl (C=O) groups excluding carboxylic acids is 1. The lowest BCUT2D eigenvalue weighted by Gasteiger charge is -2.29. The van der Waals surface area contributed by atoms with E-state index in [1.54, 1.807) is 12.1 Å². The minimum Gasteiger partial charge on any atom is -0.508 e. The Balaban J connectivity index is 1.18. The summed E-state index contributed by atoms with van der Waals surface area (Å²) in [6, 6.07) is 27.7. The van der Waals surface area contributed by atoms with Crippen molar-refractivity contribution in [2.24, 2.45) is 0 Å². The Kier molecular flexibility index (Phi) is 5.04. The smallest absolute Gasteiger partial charge is 0.254 e. The van der Waals surface area contributed by atoms with Gasteiger partial charge in [-0.25, -0.2) is 0 Å². The van der Waals surface area contributed by atoms with Gasteiger partial charge in [-0.05, 0) is 64.2 Å². The Bertz CT molecular complexity index is 1230. The van der Waals surface area contributed by atoms with E-state index < -0.39 is 0 Å². The van der Waals surface area contributed by atoms with Crippen molar-refractivity contribution in [1.82, 2.24) is 4.90 Å². The molecule has 1 heterocycles. The highest BCUT2D eigenvalue weighted by Gasteiger charge is 2.24. The first-order valence-electron chi connectivity index (χ1n) is 10.6. The van der Waals surface area contributed by atoms with Gasteiger partial charge in [0.25, 0.3) is 5.91 Å². The molecule has 154 valence electrons. The normalized spacial score (nSPS) is 12.9. The molecule has 0 unspecified atom stereocenters. The summed E-state index contributed by atoms with van der Waals surface area (Å²) in [5, 5.41) is 15.1. The van der Waals surface area contributed by atoms with Gasteiger partial charge in [-0.2, -0.15) is 0 Å². The van der Waals surface area contributed by atoms with Crippen LogP contribution in [0.25, 0.3) is 21.9 Å². The molecule has 4 aromatic rings. The zero-order chi connectivity index (χ0) is 21.2. The van der Waals surface area contributed by atoms with Crippen LogP contribution in [0.15, 0.2) is 84.9 Å². The van der Waals surface area contributed by atoms with Crippen LogP contribution in [0.5, 0.6) is 5.75 Å². The van der Waals surface area contributed by atoms with E-state index in [0.717, 1.165) is 52.7 Å². The zero-order valence-corrected chi connectivity index (χ0v) is 17.2. The van der Waals surface area contributed by atoms with Crippen molar-refractivity contribution in [3.8, 4) is 16.9 Å². The van der Waals surface area contributed by atoms with E-state index in [2.05, 4.69) is 53.8 Å². The standard InChI is InChI=1S/C27H24N2O2/c30-24-14-10-20(11-15-24)19-8-12-23(13-9-19)28-16-3-17-29-18-22-6-1-4-21-5-2-7-25(26(21)22)27(29)31/h1-2,4-15,28,30H,3,16-18H2. The van der Waals surface area contributed by atoms with Crippen molar-refractivity contribution in [3.63, 3.8) is 0 Å². The van der Waals surface area contributed by atoms with Crippen LogP contribution in [-0.4, -0.2) is 29.0 Å². The quantitative estimate of drug-likeness (QED) is 0.404. The highest BCUT2D eigenvalue weighted by molar-refractivity contribution is 6.09. The summed E-state index contributed by atoms with van der Waals surface area (Å²) < 4.78 is 0. The van der Waals surface area contributed by atoms with Gasteiger partial charge >= 0.3 is 0 Å². The van der Waals surface area contributed by atoms with Crippen molar-refractivity contribution >= 4 is 22.4 Å². The zero-order valence-electron chi connectivity index (χ0n) is 17.2. The van der Waals surface area contributed by atoms with Gasteiger partial charge in [0.15, 0.2) is 0 Å². The summed E-state index contributed by atoms with van der Waals surface area (Å²) in [6.45, 7) is 2.20. The number of phenolic OH excluding ortho intramolecular Hbond substituents is 1. The molecule has 1 aliphatic rings. The second kappa shape index (κ2) is 8.15. The van der Waals surface area contributed by atoms with Gasteiger partial charge in [0.1, 0.15) is 5.75 Å². The predicted molar refractivity (Wildman–Crippen MR) is 125 cm³/mol. The number of benzene rings is 4. The largest absolute Gasteiger partial charge is 0.508 e. The van der Waals surface area contributed by atoms with E-state index in [4.69, 9.17) is 0 Å². The third kappa shape index (κ3) is 3.84. The van der Waals surface area contributed by atoms with E-state index >= 15 is 0 Å². The molecule has 4 nitrogen and oxygen atoms in total. The van der Waals surface area contributed by atoms with Crippen LogP contribution in [0, 0.1) is 0 Å². The second-order valence-corrected chi connectivity index (χ2v) is 7.95. The average molecular weight is 409 g/mol. The Morgan fingerprint density at radius 3 is 2.26 bits per heavy atom. The van der Waals surface area contributed by atoms with Crippen molar-refractivity contribution in [2.45, 2.75) is 13.0 Å². The number of aromatic hydroxyl groups is 1. The number of nitrogens with zero attached hydrogens (tertiary/aromatic N) is 1. The average Bonchev–Trinajstić information content (AvgIpc) is 2.81. The van der Waals surface area contributed by atoms with E-state index in [0.29, 0.717) is 6.54 Å². The van der Waals surface area contributed by atoms with Crippen molar-refractivity contribution in [3.05, 3.63) is 96.1 Å². The number of nitrogens with one attached hydrogen (secondary N) is 1. The molecule has 5 rings (SSSR count). The van der Waals surface area contributed by atoms with Gasteiger partial charge in [-0.15, -0.1) is 0 Å². The molecule has 4 aromatic carbocycles.